The van der Waals surface area contributed by atoms with E-state index in [9.17, 15) is 0 Å². The molecule has 3 heteroatoms. The highest BCUT2D eigenvalue weighted by molar-refractivity contribution is 4.97. The second kappa shape index (κ2) is 7.82. The van der Waals surface area contributed by atoms with Gasteiger partial charge in [-0.1, -0.05) is 41.5 Å². The Balaban J connectivity index is 2.29. The van der Waals surface area contributed by atoms with Gasteiger partial charge in [-0.3, -0.25) is 0 Å². The molecule has 0 spiro atoms. The molecule has 1 rings (SSSR count). The van der Waals surface area contributed by atoms with Gasteiger partial charge >= 0.3 is 0 Å². The third-order valence-corrected chi connectivity index (χ3v) is 3.88. The van der Waals surface area contributed by atoms with Gasteiger partial charge in [0.2, 0.25) is 0 Å². The average molecular weight is 280 g/mol. The van der Waals surface area contributed by atoms with Crippen molar-refractivity contribution < 1.29 is 4.42 Å². The van der Waals surface area contributed by atoms with Crippen LogP contribution in [0.25, 0.3) is 0 Å². The maximum absolute atomic E-state index is 5.84. The Morgan fingerprint density at radius 3 is 2.55 bits per heavy atom. The third-order valence-electron chi connectivity index (χ3n) is 3.88. The molecule has 1 aromatic rings. The molecule has 0 amide bonds. The molecule has 1 unspecified atom stereocenters. The first-order valence-corrected chi connectivity index (χ1v) is 7.93. The fourth-order valence-corrected chi connectivity index (χ4v) is 1.92. The number of rotatable bonds is 8. The molecule has 3 nitrogen and oxygen atoms in total. The molecular formula is C17H32N2O. The lowest BCUT2D eigenvalue weighted by Gasteiger charge is -2.26. The van der Waals surface area contributed by atoms with Crippen LogP contribution in [-0.4, -0.2) is 18.1 Å². The van der Waals surface area contributed by atoms with Crippen LogP contribution < -0.4 is 5.32 Å². The van der Waals surface area contributed by atoms with Crippen molar-refractivity contribution in [2.45, 2.75) is 60.8 Å². The van der Waals surface area contributed by atoms with E-state index in [4.69, 9.17) is 4.42 Å². The highest BCUT2D eigenvalue weighted by atomic mass is 16.4. The van der Waals surface area contributed by atoms with Crippen molar-refractivity contribution in [1.29, 1.82) is 0 Å². The van der Waals surface area contributed by atoms with Crippen LogP contribution in [0.4, 0.5) is 0 Å². The Morgan fingerprint density at radius 1 is 1.25 bits per heavy atom. The van der Waals surface area contributed by atoms with E-state index in [0.29, 0.717) is 17.3 Å². The highest BCUT2D eigenvalue weighted by Gasteiger charge is 2.21. The monoisotopic (exact) mass is 280 g/mol. The van der Waals surface area contributed by atoms with Gasteiger partial charge in [-0.05, 0) is 36.8 Å². The normalized spacial score (nSPS) is 13.9. The smallest absolute Gasteiger partial charge is 0.194 e. The second-order valence-corrected chi connectivity index (χ2v) is 7.39. The van der Waals surface area contributed by atoms with E-state index in [2.05, 4.69) is 51.8 Å². The lowest BCUT2D eigenvalue weighted by Crippen LogP contribution is -2.21. The molecule has 0 fully saturated rings. The third kappa shape index (κ3) is 6.56. The van der Waals surface area contributed by atoms with Crippen molar-refractivity contribution in [3.05, 3.63) is 17.8 Å². The number of nitrogens with one attached hydrogen (secondary N) is 1. The van der Waals surface area contributed by atoms with E-state index in [1.165, 1.54) is 0 Å². The Kier molecular flexibility index (Phi) is 6.74. The Hall–Kier alpha value is -0.830. The predicted molar refractivity (Wildman–Crippen MR) is 84.9 cm³/mol. The number of hydrogen-bond acceptors (Lipinski definition) is 3. The second-order valence-electron chi connectivity index (χ2n) is 7.39. The summed E-state index contributed by atoms with van der Waals surface area (Å²) in [6.45, 7) is 15.7. The fraction of sp³-hybridized carbons (Fsp3) is 0.824. The van der Waals surface area contributed by atoms with Crippen molar-refractivity contribution in [3.63, 3.8) is 0 Å². The molecule has 0 aliphatic rings. The van der Waals surface area contributed by atoms with Crippen molar-refractivity contribution in [3.8, 4) is 0 Å². The Labute approximate surface area is 124 Å². The lowest BCUT2D eigenvalue weighted by molar-refractivity contribution is 0.246. The number of nitrogens with zero attached hydrogens (tertiary/aromatic N) is 1. The van der Waals surface area contributed by atoms with E-state index in [1.54, 1.807) is 0 Å². The summed E-state index contributed by atoms with van der Waals surface area (Å²) < 4.78 is 5.84. The molecule has 0 radical (unpaired) electrons. The molecule has 20 heavy (non-hydrogen) atoms. The Morgan fingerprint density at radius 2 is 1.95 bits per heavy atom. The molecule has 0 saturated carbocycles. The number of aromatic nitrogens is 1. The molecule has 1 N–H and O–H groups in total. The molecule has 0 aliphatic carbocycles. The van der Waals surface area contributed by atoms with Gasteiger partial charge in [-0.15, -0.1) is 0 Å². The zero-order valence-corrected chi connectivity index (χ0v) is 14.1. The Bertz CT molecular complexity index is 377. The molecule has 1 atom stereocenters. The van der Waals surface area contributed by atoms with Crippen LogP contribution in [0.5, 0.6) is 0 Å². The maximum Gasteiger partial charge on any atom is 0.194 e. The van der Waals surface area contributed by atoms with Crippen LogP contribution in [0.3, 0.4) is 0 Å². The summed E-state index contributed by atoms with van der Waals surface area (Å²) in [6.07, 6.45) is 4.89. The zero-order chi connectivity index (χ0) is 15.2. The van der Waals surface area contributed by atoms with Crippen molar-refractivity contribution in [2.24, 2.45) is 17.3 Å². The summed E-state index contributed by atoms with van der Waals surface area (Å²) in [4.78, 5) is 4.39. The van der Waals surface area contributed by atoms with Gasteiger partial charge in [0.15, 0.2) is 5.89 Å². The van der Waals surface area contributed by atoms with Crippen LogP contribution in [0, 0.1) is 17.3 Å². The first-order chi connectivity index (χ1) is 9.29. The molecule has 1 heterocycles. The topological polar surface area (TPSA) is 38.1 Å². The molecule has 0 bridgehead atoms. The van der Waals surface area contributed by atoms with Gasteiger partial charge in [0.1, 0.15) is 5.76 Å². The zero-order valence-electron chi connectivity index (χ0n) is 14.1. The molecule has 0 aromatic carbocycles. The minimum absolute atomic E-state index is 0.313. The van der Waals surface area contributed by atoms with Crippen LogP contribution in [0.1, 0.15) is 59.6 Å². The van der Waals surface area contributed by atoms with Crippen LogP contribution in [0.15, 0.2) is 10.6 Å². The minimum Gasteiger partial charge on any atom is -0.446 e. The molecule has 0 aliphatic heterocycles. The standard InChI is InChI=1S/C17H32N2O/c1-13(2)11-18-9-7-8-16-19-12-15(20-16)10-14(3)17(4,5)6/h12-14,18H,7-11H2,1-6H3. The lowest BCUT2D eigenvalue weighted by atomic mass is 9.80. The summed E-state index contributed by atoms with van der Waals surface area (Å²) >= 11 is 0. The summed E-state index contributed by atoms with van der Waals surface area (Å²) in [6, 6.07) is 0. The molecule has 116 valence electrons. The van der Waals surface area contributed by atoms with Gasteiger partial charge in [-0.25, -0.2) is 4.98 Å². The van der Waals surface area contributed by atoms with E-state index in [1.807, 2.05) is 6.20 Å². The van der Waals surface area contributed by atoms with Crippen molar-refractivity contribution in [1.82, 2.24) is 10.3 Å². The highest BCUT2D eigenvalue weighted by Crippen LogP contribution is 2.28. The summed E-state index contributed by atoms with van der Waals surface area (Å²) in [5, 5.41) is 3.44. The van der Waals surface area contributed by atoms with Crippen molar-refractivity contribution >= 4 is 0 Å². The number of aryl methyl sites for hydroxylation is 1. The van der Waals surface area contributed by atoms with Gasteiger partial charge in [-0.2, -0.15) is 0 Å². The minimum atomic E-state index is 0.313. The first-order valence-electron chi connectivity index (χ1n) is 7.93. The van der Waals surface area contributed by atoms with Crippen LogP contribution in [0.2, 0.25) is 0 Å². The first kappa shape index (κ1) is 17.2. The SMILES string of the molecule is CC(C)CNCCCc1ncc(CC(C)C(C)(C)C)o1. The molecular weight excluding hydrogens is 248 g/mol. The van der Waals surface area contributed by atoms with Crippen LogP contribution >= 0.6 is 0 Å². The van der Waals surface area contributed by atoms with Gasteiger partial charge in [0.25, 0.3) is 0 Å². The van der Waals surface area contributed by atoms with Gasteiger partial charge in [0.05, 0.1) is 6.20 Å². The number of oxazole rings is 1. The van der Waals surface area contributed by atoms with E-state index >= 15 is 0 Å². The predicted octanol–water partition coefficient (Wildman–Crippen LogP) is 4.08. The summed E-state index contributed by atoms with van der Waals surface area (Å²) in [5.41, 5.74) is 0.313. The largest absolute Gasteiger partial charge is 0.446 e. The summed E-state index contributed by atoms with van der Waals surface area (Å²) in [7, 11) is 0. The van der Waals surface area contributed by atoms with Gasteiger partial charge in [0, 0.05) is 12.8 Å². The average Bonchev–Trinajstić information content (AvgIpc) is 2.74. The van der Waals surface area contributed by atoms with Gasteiger partial charge < -0.3 is 9.73 Å². The molecule has 0 saturated heterocycles. The quantitative estimate of drug-likeness (QED) is 0.729. The van der Waals surface area contributed by atoms with E-state index < -0.39 is 0 Å². The number of hydrogen-bond donors (Lipinski definition) is 1. The fourth-order valence-electron chi connectivity index (χ4n) is 1.92. The van der Waals surface area contributed by atoms with E-state index in [-0.39, 0.29) is 0 Å². The molecule has 1 aromatic heterocycles. The van der Waals surface area contributed by atoms with Crippen LogP contribution in [-0.2, 0) is 12.8 Å². The van der Waals surface area contributed by atoms with Crippen molar-refractivity contribution in [2.75, 3.05) is 13.1 Å². The maximum atomic E-state index is 5.84. The summed E-state index contributed by atoms with van der Waals surface area (Å²) in [5.74, 6) is 3.21. The van der Waals surface area contributed by atoms with E-state index in [0.717, 1.165) is 44.0 Å².